The lowest BCUT2D eigenvalue weighted by Gasteiger charge is -2.31. The van der Waals surface area contributed by atoms with Crippen LogP contribution in [0.2, 0.25) is 19.6 Å². The Morgan fingerprint density at radius 3 is 2.15 bits per heavy atom. The molecule has 0 aromatic rings. The molecule has 1 saturated carbocycles. The smallest absolute Gasteiger partial charge is 0.0739 e. The second-order valence-electron chi connectivity index (χ2n) is 7.54. The lowest BCUT2D eigenvalue weighted by molar-refractivity contribution is 0.394. The normalized spacial score (nSPS) is 18.7. The molecule has 0 amide bonds. The van der Waals surface area contributed by atoms with E-state index in [-0.39, 0.29) is 0 Å². The molecule has 0 unspecified atom stereocenters. The third-order valence-electron chi connectivity index (χ3n) is 4.49. The first-order valence-electron chi connectivity index (χ1n) is 8.28. The Bertz CT molecular complexity index is 350. The van der Waals surface area contributed by atoms with E-state index in [4.69, 9.17) is 11.6 Å². The minimum Gasteiger partial charge on any atom is -0.122 e. The van der Waals surface area contributed by atoms with Crippen molar-refractivity contribution in [2.45, 2.75) is 78.4 Å². The van der Waals surface area contributed by atoms with Crippen LogP contribution in [0.3, 0.4) is 0 Å². The van der Waals surface area contributed by atoms with Crippen LogP contribution < -0.4 is 0 Å². The van der Waals surface area contributed by atoms with E-state index in [1.807, 2.05) is 0 Å². The van der Waals surface area contributed by atoms with Crippen molar-refractivity contribution in [1.82, 2.24) is 0 Å². The van der Waals surface area contributed by atoms with Crippen molar-refractivity contribution in [3.63, 3.8) is 0 Å². The minimum atomic E-state index is -1.28. The summed E-state index contributed by atoms with van der Waals surface area (Å²) in [6.45, 7) is 11.8. The highest BCUT2D eigenvalue weighted by Crippen LogP contribution is 2.36. The molecule has 1 aliphatic rings. The largest absolute Gasteiger partial charge is 0.122 e. The molecule has 0 bridgehead atoms. The van der Waals surface area contributed by atoms with E-state index in [1.54, 1.807) is 10.8 Å². The molecule has 0 atom stereocenters. The molecule has 0 heterocycles. The summed E-state index contributed by atoms with van der Waals surface area (Å²) in [5.74, 6) is 1.59. The van der Waals surface area contributed by atoms with Crippen LogP contribution in [-0.4, -0.2) is 14.0 Å². The molecule has 1 fully saturated rings. The van der Waals surface area contributed by atoms with Crippen LogP contribution in [0.1, 0.15) is 58.8 Å². The third-order valence-corrected chi connectivity index (χ3v) is 7.29. The summed E-state index contributed by atoms with van der Waals surface area (Å²) in [7, 11) is -1.28. The molecular formula is C18H33ClSi. The van der Waals surface area contributed by atoms with Crippen LogP contribution in [0.4, 0.5) is 0 Å². The van der Waals surface area contributed by atoms with Gasteiger partial charge in [-0.25, -0.2) is 0 Å². The Labute approximate surface area is 132 Å². The molecule has 0 aromatic heterocycles. The van der Waals surface area contributed by atoms with Crippen molar-refractivity contribution in [3.8, 4) is 0 Å². The SMILES string of the molecule is CC(C)=CCC/C(=C(/CCl)[Si](C)(C)C)C1CCCCC1. The van der Waals surface area contributed by atoms with Gasteiger partial charge in [0.05, 0.1) is 8.07 Å². The van der Waals surface area contributed by atoms with E-state index >= 15 is 0 Å². The average Bonchev–Trinajstić information content (AvgIpc) is 2.37. The number of hydrogen-bond acceptors (Lipinski definition) is 0. The molecule has 0 N–H and O–H groups in total. The minimum absolute atomic E-state index is 0.760. The molecule has 2 heteroatoms. The third kappa shape index (κ3) is 5.77. The monoisotopic (exact) mass is 312 g/mol. The van der Waals surface area contributed by atoms with Gasteiger partial charge in [0, 0.05) is 5.88 Å². The topological polar surface area (TPSA) is 0 Å². The maximum atomic E-state index is 6.37. The Morgan fingerprint density at radius 1 is 1.10 bits per heavy atom. The van der Waals surface area contributed by atoms with Gasteiger partial charge in [0.25, 0.3) is 0 Å². The van der Waals surface area contributed by atoms with Gasteiger partial charge >= 0.3 is 0 Å². The Hall–Kier alpha value is -0.0131. The summed E-state index contributed by atoms with van der Waals surface area (Å²) in [5, 5.41) is 1.65. The van der Waals surface area contributed by atoms with Crippen molar-refractivity contribution >= 4 is 19.7 Å². The van der Waals surface area contributed by atoms with E-state index in [0.29, 0.717) is 0 Å². The maximum Gasteiger partial charge on any atom is 0.0739 e. The van der Waals surface area contributed by atoms with Crippen molar-refractivity contribution in [2.75, 3.05) is 5.88 Å². The molecule has 0 aromatic carbocycles. The fourth-order valence-corrected chi connectivity index (χ4v) is 6.40. The summed E-state index contributed by atoms with van der Waals surface area (Å²) in [4.78, 5) is 0. The zero-order valence-electron chi connectivity index (χ0n) is 14.2. The summed E-state index contributed by atoms with van der Waals surface area (Å²) >= 11 is 6.37. The zero-order chi connectivity index (χ0) is 15.2. The Balaban J connectivity index is 2.97. The first kappa shape index (κ1) is 18.0. The van der Waals surface area contributed by atoms with Crippen LogP contribution in [0.25, 0.3) is 0 Å². The summed E-state index contributed by atoms with van der Waals surface area (Å²) in [6.07, 6.45) is 11.9. The Kier molecular flexibility index (Phi) is 7.61. The number of halogens is 1. The van der Waals surface area contributed by atoms with Gasteiger partial charge in [-0.3, -0.25) is 0 Å². The van der Waals surface area contributed by atoms with Gasteiger partial charge in [0.2, 0.25) is 0 Å². The highest BCUT2D eigenvalue weighted by Gasteiger charge is 2.27. The molecule has 0 aliphatic heterocycles. The fourth-order valence-electron chi connectivity index (χ4n) is 3.34. The summed E-state index contributed by atoms with van der Waals surface area (Å²) in [5.41, 5.74) is 3.18. The predicted octanol–water partition coefficient (Wildman–Crippen LogP) is 6.73. The summed E-state index contributed by atoms with van der Waals surface area (Å²) in [6, 6.07) is 0. The van der Waals surface area contributed by atoms with E-state index in [2.05, 4.69) is 39.6 Å². The molecule has 0 spiro atoms. The quantitative estimate of drug-likeness (QED) is 0.290. The van der Waals surface area contributed by atoms with Gasteiger partial charge in [0.1, 0.15) is 0 Å². The maximum absolute atomic E-state index is 6.37. The lowest BCUT2D eigenvalue weighted by Crippen LogP contribution is -2.29. The molecule has 1 aliphatic carbocycles. The molecule has 1 rings (SSSR count). The average molecular weight is 313 g/mol. The van der Waals surface area contributed by atoms with Crippen LogP contribution in [0.5, 0.6) is 0 Å². The van der Waals surface area contributed by atoms with E-state index < -0.39 is 8.07 Å². The van der Waals surface area contributed by atoms with E-state index in [9.17, 15) is 0 Å². The highest BCUT2D eigenvalue weighted by molar-refractivity contribution is 6.84. The molecule has 116 valence electrons. The van der Waals surface area contributed by atoms with Gasteiger partial charge in [0.15, 0.2) is 0 Å². The van der Waals surface area contributed by atoms with Crippen LogP contribution in [-0.2, 0) is 0 Å². The summed E-state index contributed by atoms with van der Waals surface area (Å²) < 4.78 is 0. The van der Waals surface area contributed by atoms with Crippen LogP contribution in [0.15, 0.2) is 22.4 Å². The van der Waals surface area contributed by atoms with Gasteiger partial charge in [-0.2, -0.15) is 0 Å². The molecule has 0 saturated heterocycles. The highest BCUT2D eigenvalue weighted by atomic mass is 35.5. The Morgan fingerprint density at radius 2 is 1.70 bits per heavy atom. The number of alkyl halides is 1. The lowest BCUT2D eigenvalue weighted by atomic mass is 9.82. The zero-order valence-corrected chi connectivity index (χ0v) is 15.9. The molecule has 20 heavy (non-hydrogen) atoms. The number of rotatable bonds is 6. The first-order valence-corrected chi connectivity index (χ1v) is 12.3. The van der Waals surface area contributed by atoms with Crippen molar-refractivity contribution in [2.24, 2.45) is 5.92 Å². The van der Waals surface area contributed by atoms with Crippen LogP contribution in [0, 0.1) is 5.92 Å². The standard InChI is InChI=1S/C18H33ClSi/c1-15(2)10-9-13-17(16-11-7-6-8-12-16)18(14-19)20(3,4)5/h10,16H,6-9,11-14H2,1-5H3/b18-17+. The predicted molar refractivity (Wildman–Crippen MR) is 96.3 cm³/mol. The van der Waals surface area contributed by atoms with Gasteiger partial charge in [-0.1, -0.05) is 61.3 Å². The molecule has 0 radical (unpaired) electrons. The van der Waals surface area contributed by atoms with E-state index in [0.717, 1.165) is 11.8 Å². The van der Waals surface area contributed by atoms with Gasteiger partial charge in [-0.15, -0.1) is 11.6 Å². The second kappa shape index (κ2) is 8.43. The van der Waals surface area contributed by atoms with Crippen molar-refractivity contribution in [3.05, 3.63) is 22.4 Å². The fraction of sp³-hybridized carbons (Fsp3) is 0.778. The molecule has 0 nitrogen and oxygen atoms in total. The second-order valence-corrected chi connectivity index (χ2v) is 12.9. The van der Waals surface area contributed by atoms with Gasteiger partial charge < -0.3 is 0 Å². The van der Waals surface area contributed by atoms with Crippen LogP contribution >= 0.6 is 11.6 Å². The van der Waals surface area contributed by atoms with Crippen molar-refractivity contribution < 1.29 is 0 Å². The number of allylic oxidation sites excluding steroid dienone is 4. The number of hydrogen-bond donors (Lipinski definition) is 0. The molecular weight excluding hydrogens is 280 g/mol. The van der Waals surface area contributed by atoms with E-state index in [1.165, 1.54) is 50.5 Å². The van der Waals surface area contributed by atoms with Crippen molar-refractivity contribution in [1.29, 1.82) is 0 Å². The van der Waals surface area contributed by atoms with Gasteiger partial charge in [-0.05, 0) is 45.4 Å². The first-order chi connectivity index (χ1) is 9.36.